The molecule has 20 heavy (non-hydrogen) atoms. The van der Waals surface area contributed by atoms with Crippen molar-refractivity contribution in [2.24, 2.45) is 0 Å². The molecule has 1 fully saturated rings. The number of carbonyl (C=O) groups excluding carboxylic acids is 1. The van der Waals surface area contributed by atoms with E-state index in [1.54, 1.807) is 6.07 Å². The van der Waals surface area contributed by atoms with Crippen LogP contribution >= 0.6 is 11.6 Å². The van der Waals surface area contributed by atoms with Crippen LogP contribution in [0.5, 0.6) is 5.75 Å². The minimum Gasteiger partial charge on any atom is -0.507 e. The van der Waals surface area contributed by atoms with Crippen molar-refractivity contribution in [3.63, 3.8) is 0 Å². The lowest BCUT2D eigenvalue weighted by atomic mass is 10.2. The maximum absolute atomic E-state index is 11.9. The summed E-state index contributed by atoms with van der Waals surface area (Å²) in [6, 6.07) is 4.50. The highest BCUT2D eigenvalue weighted by atomic mass is 35.5. The summed E-state index contributed by atoms with van der Waals surface area (Å²) >= 11 is 5.73. The average Bonchev–Trinajstić information content (AvgIpc) is 2.44. The number of hydrogen-bond acceptors (Lipinski definition) is 4. The van der Waals surface area contributed by atoms with E-state index < -0.39 is 0 Å². The summed E-state index contributed by atoms with van der Waals surface area (Å²) in [6.07, 6.45) is 0.903. The number of carbonyl (C=O) groups is 1. The molecule has 1 aromatic rings. The number of phenolic OH excluding ortho intramolecular Hbond substituents is 1. The Morgan fingerprint density at radius 2 is 2.15 bits per heavy atom. The van der Waals surface area contributed by atoms with E-state index in [0.717, 1.165) is 39.1 Å². The third kappa shape index (κ3) is 4.37. The number of benzene rings is 1. The molecule has 1 amide bonds. The number of phenols is 1. The summed E-state index contributed by atoms with van der Waals surface area (Å²) in [6.45, 7) is 5.77. The van der Waals surface area contributed by atoms with Crippen molar-refractivity contribution < 1.29 is 9.90 Å². The van der Waals surface area contributed by atoms with Gasteiger partial charge in [-0.3, -0.25) is 4.79 Å². The van der Waals surface area contributed by atoms with E-state index in [0.29, 0.717) is 11.6 Å². The predicted octanol–water partition coefficient (Wildman–Crippen LogP) is 1.07. The van der Waals surface area contributed by atoms with E-state index in [9.17, 15) is 9.90 Å². The molecule has 6 heteroatoms. The highest BCUT2D eigenvalue weighted by Crippen LogP contribution is 2.21. The summed E-state index contributed by atoms with van der Waals surface area (Å²) in [5.41, 5.74) is 0.261. The van der Waals surface area contributed by atoms with Gasteiger partial charge in [0.05, 0.1) is 5.56 Å². The van der Waals surface area contributed by atoms with E-state index in [1.807, 2.05) is 0 Å². The van der Waals surface area contributed by atoms with Crippen molar-refractivity contribution in [3.8, 4) is 5.75 Å². The van der Waals surface area contributed by atoms with Crippen molar-refractivity contribution >= 4 is 17.5 Å². The van der Waals surface area contributed by atoms with Gasteiger partial charge < -0.3 is 20.6 Å². The van der Waals surface area contributed by atoms with Crippen LogP contribution in [0.3, 0.4) is 0 Å². The third-order valence-corrected chi connectivity index (χ3v) is 3.59. The number of rotatable bonds is 5. The Morgan fingerprint density at radius 1 is 1.40 bits per heavy atom. The summed E-state index contributed by atoms with van der Waals surface area (Å²) < 4.78 is 0. The molecule has 1 heterocycles. The fraction of sp³-hybridized carbons (Fsp3) is 0.500. The Labute approximate surface area is 123 Å². The van der Waals surface area contributed by atoms with Crippen LogP contribution in [-0.2, 0) is 0 Å². The molecule has 0 bridgehead atoms. The van der Waals surface area contributed by atoms with Crippen LogP contribution in [0.1, 0.15) is 16.8 Å². The molecule has 2 rings (SSSR count). The van der Waals surface area contributed by atoms with Crippen LogP contribution < -0.4 is 10.6 Å². The first kappa shape index (κ1) is 15.1. The molecule has 1 aromatic carbocycles. The van der Waals surface area contributed by atoms with Gasteiger partial charge in [-0.05, 0) is 31.2 Å². The van der Waals surface area contributed by atoms with Gasteiger partial charge in [-0.25, -0.2) is 0 Å². The average molecular weight is 298 g/mol. The molecule has 1 aliphatic rings. The Morgan fingerprint density at radius 3 is 2.85 bits per heavy atom. The van der Waals surface area contributed by atoms with E-state index in [-0.39, 0.29) is 17.2 Å². The molecular formula is C14H20ClN3O2. The van der Waals surface area contributed by atoms with Crippen molar-refractivity contribution in [2.75, 3.05) is 39.3 Å². The Bertz CT molecular complexity index is 462. The maximum atomic E-state index is 11.9. The van der Waals surface area contributed by atoms with Crippen LogP contribution in [0.2, 0.25) is 5.02 Å². The standard InChI is InChI=1S/C14H20ClN3O2/c15-11-2-3-12(13(19)10-11)14(20)17-4-1-7-18-8-5-16-6-9-18/h2-3,10,16,19H,1,4-9H2,(H,17,20). The van der Waals surface area contributed by atoms with E-state index in [1.165, 1.54) is 12.1 Å². The van der Waals surface area contributed by atoms with Gasteiger partial charge in [-0.1, -0.05) is 11.6 Å². The first-order valence-electron chi connectivity index (χ1n) is 6.86. The minimum atomic E-state index is -0.264. The quantitative estimate of drug-likeness (QED) is 0.712. The lowest BCUT2D eigenvalue weighted by molar-refractivity contribution is 0.0948. The highest BCUT2D eigenvalue weighted by molar-refractivity contribution is 6.30. The second-order valence-corrected chi connectivity index (χ2v) is 5.30. The van der Waals surface area contributed by atoms with Crippen LogP contribution in [0.15, 0.2) is 18.2 Å². The summed E-state index contributed by atoms with van der Waals surface area (Å²) in [5, 5.41) is 16.2. The number of piperazine rings is 1. The zero-order chi connectivity index (χ0) is 14.4. The highest BCUT2D eigenvalue weighted by Gasteiger charge is 2.12. The van der Waals surface area contributed by atoms with Crippen LogP contribution in [-0.4, -0.2) is 55.2 Å². The van der Waals surface area contributed by atoms with Crippen LogP contribution in [0.4, 0.5) is 0 Å². The lowest BCUT2D eigenvalue weighted by Gasteiger charge is -2.27. The minimum absolute atomic E-state index is 0.0860. The lowest BCUT2D eigenvalue weighted by Crippen LogP contribution is -2.44. The Balaban J connectivity index is 1.72. The molecule has 0 spiro atoms. The van der Waals surface area contributed by atoms with Gasteiger partial charge >= 0.3 is 0 Å². The van der Waals surface area contributed by atoms with Crippen LogP contribution in [0.25, 0.3) is 0 Å². The second kappa shape index (κ2) is 7.47. The predicted molar refractivity (Wildman–Crippen MR) is 79.4 cm³/mol. The van der Waals surface area contributed by atoms with Gasteiger partial charge in [0, 0.05) is 37.7 Å². The Kier molecular flexibility index (Phi) is 5.64. The first-order chi connectivity index (χ1) is 9.66. The molecular weight excluding hydrogens is 278 g/mol. The smallest absolute Gasteiger partial charge is 0.255 e. The molecule has 110 valence electrons. The maximum Gasteiger partial charge on any atom is 0.255 e. The molecule has 1 saturated heterocycles. The van der Waals surface area contributed by atoms with Crippen molar-refractivity contribution in [3.05, 3.63) is 28.8 Å². The summed E-state index contributed by atoms with van der Waals surface area (Å²) in [4.78, 5) is 14.3. The van der Waals surface area contributed by atoms with Gasteiger partial charge in [0.1, 0.15) is 5.75 Å². The molecule has 0 radical (unpaired) electrons. The van der Waals surface area contributed by atoms with Gasteiger partial charge in [0.25, 0.3) is 5.91 Å². The largest absolute Gasteiger partial charge is 0.507 e. The molecule has 1 aliphatic heterocycles. The Hall–Kier alpha value is -1.30. The van der Waals surface area contributed by atoms with E-state index in [2.05, 4.69) is 15.5 Å². The second-order valence-electron chi connectivity index (χ2n) is 4.86. The molecule has 0 aliphatic carbocycles. The number of halogens is 1. The first-order valence-corrected chi connectivity index (χ1v) is 7.24. The topological polar surface area (TPSA) is 64.6 Å². The van der Waals surface area contributed by atoms with Crippen molar-refractivity contribution in [2.45, 2.75) is 6.42 Å². The summed E-state index contributed by atoms with van der Waals surface area (Å²) in [5.74, 6) is -0.350. The van der Waals surface area contributed by atoms with Gasteiger partial charge in [0.2, 0.25) is 0 Å². The fourth-order valence-electron chi connectivity index (χ4n) is 2.23. The number of nitrogens with zero attached hydrogens (tertiary/aromatic N) is 1. The number of nitrogens with one attached hydrogen (secondary N) is 2. The van der Waals surface area contributed by atoms with Gasteiger partial charge in [-0.15, -0.1) is 0 Å². The number of amides is 1. The van der Waals surface area contributed by atoms with Crippen molar-refractivity contribution in [1.29, 1.82) is 0 Å². The molecule has 0 atom stereocenters. The number of aromatic hydroxyl groups is 1. The van der Waals surface area contributed by atoms with E-state index in [4.69, 9.17) is 11.6 Å². The third-order valence-electron chi connectivity index (χ3n) is 3.35. The van der Waals surface area contributed by atoms with Crippen LogP contribution in [0, 0.1) is 0 Å². The van der Waals surface area contributed by atoms with Gasteiger partial charge in [0.15, 0.2) is 0 Å². The van der Waals surface area contributed by atoms with Crippen molar-refractivity contribution in [1.82, 2.24) is 15.5 Å². The SMILES string of the molecule is O=C(NCCCN1CCNCC1)c1ccc(Cl)cc1O. The summed E-state index contributed by atoms with van der Waals surface area (Å²) in [7, 11) is 0. The number of hydrogen-bond donors (Lipinski definition) is 3. The zero-order valence-corrected chi connectivity index (χ0v) is 12.1. The monoisotopic (exact) mass is 297 g/mol. The zero-order valence-electron chi connectivity index (χ0n) is 11.4. The normalized spacial score (nSPS) is 16.1. The van der Waals surface area contributed by atoms with Gasteiger partial charge in [-0.2, -0.15) is 0 Å². The molecule has 0 aromatic heterocycles. The molecule has 3 N–H and O–H groups in total. The van der Waals surface area contributed by atoms with E-state index >= 15 is 0 Å². The molecule has 0 unspecified atom stereocenters. The molecule has 5 nitrogen and oxygen atoms in total. The molecule has 0 saturated carbocycles. The fourth-order valence-corrected chi connectivity index (χ4v) is 2.40.